The van der Waals surface area contributed by atoms with E-state index in [9.17, 15) is 4.79 Å². The van der Waals surface area contributed by atoms with E-state index in [4.69, 9.17) is 17.3 Å². The molecule has 0 saturated heterocycles. The number of amides is 2. The molecule has 1 aromatic carbocycles. The number of carbonyl (C=O) groups is 1. The molecule has 0 saturated carbocycles. The molecule has 0 aromatic heterocycles. The highest BCUT2D eigenvalue weighted by Crippen LogP contribution is 2.33. The van der Waals surface area contributed by atoms with Gasteiger partial charge in [-0.05, 0) is 24.1 Å². The van der Waals surface area contributed by atoms with Crippen molar-refractivity contribution in [3.8, 4) is 0 Å². The molecule has 2 amide bonds. The second-order valence-corrected chi connectivity index (χ2v) is 4.81. The van der Waals surface area contributed by atoms with Crippen LogP contribution in [0.4, 0.5) is 4.79 Å². The fourth-order valence-electron chi connectivity index (χ4n) is 2.15. The Balaban J connectivity index is 2.33. The summed E-state index contributed by atoms with van der Waals surface area (Å²) < 4.78 is 0. The average molecular weight is 263 g/mol. The minimum absolute atomic E-state index is 0.269. The normalized spacial score (nSPS) is 21.8. The number of nitrogens with two attached hydrogens (primary N) is 1. The van der Waals surface area contributed by atoms with E-state index >= 15 is 0 Å². The van der Waals surface area contributed by atoms with Gasteiger partial charge in [-0.25, -0.2) is 4.79 Å². The summed E-state index contributed by atoms with van der Waals surface area (Å²) in [6.07, 6.45) is 8.93. The summed E-state index contributed by atoms with van der Waals surface area (Å²) in [5.74, 6) is 0. The zero-order valence-electron chi connectivity index (χ0n) is 9.90. The minimum atomic E-state index is -0.514. The van der Waals surface area contributed by atoms with Crippen molar-refractivity contribution >= 4 is 17.6 Å². The van der Waals surface area contributed by atoms with Gasteiger partial charge in [0.05, 0.1) is 0 Å². The SMILES string of the molecule is NC(=O)NCC1(c2cccc(Cl)c2)C=CC=CC1. The molecular formula is C14H15ClN2O. The number of urea groups is 1. The van der Waals surface area contributed by atoms with Gasteiger partial charge in [0.1, 0.15) is 0 Å². The maximum Gasteiger partial charge on any atom is 0.312 e. The Morgan fingerprint density at radius 3 is 2.89 bits per heavy atom. The quantitative estimate of drug-likeness (QED) is 0.865. The average Bonchev–Trinajstić information content (AvgIpc) is 2.37. The Morgan fingerprint density at radius 2 is 2.28 bits per heavy atom. The van der Waals surface area contributed by atoms with Gasteiger partial charge < -0.3 is 11.1 Å². The smallest absolute Gasteiger partial charge is 0.312 e. The number of carbonyl (C=O) groups excluding carboxylic acids is 1. The van der Waals surface area contributed by atoms with Crippen molar-refractivity contribution in [1.29, 1.82) is 0 Å². The van der Waals surface area contributed by atoms with Crippen molar-refractivity contribution in [2.45, 2.75) is 11.8 Å². The van der Waals surface area contributed by atoms with Gasteiger partial charge in [-0.15, -0.1) is 0 Å². The summed E-state index contributed by atoms with van der Waals surface area (Å²) >= 11 is 6.03. The molecule has 0 heterocycles. The first-order chi connectivity index (χ1) is 8.62. The summed E-state index contributed by atoms with van der Waals surface area (Å²) in [5, 5.41) is 3.37. The minimum Gasteiger partial charge on any atom is -0.352 e. The first-order valence-corrected chi connectivity index (χ1v) is 6.14. The van der Waals surface area contributed by atoms with Crippen LogP contribution in [0.25, 0.3) is 0 Å². The third-order valence-corrected chi connectivity index (χ3v) is 3.36. The van der Waals surface area contributed by atoms with Gasteiger partial charge in [0.15, 0.2) is 0 Å². The number of hydrogen-bond acceptors (Lipinski definition) is 1. The second kappa shape index (κ2) is 5.27. The van der Waals surface area contributed by atoms with Crippen LogP contribution in [0.3, 0.4) is 0 Å². The fourth-order valence-corrected chi connectivity index (χ4v) is 2.35. The number of hydrogen-bond donors (Lipinski definition) is 2. The summed E-state index contributed by atoms with van der Waals surface area (Å²) in [6.45, 7) is 0.462. The molecule has 4 heteroatoms. The van der Waals surface area contributed by atoms with Crippen LogP contribution >= 0.6 is 11.6 Å². The van der Waals surface area contributed by atoms with E-state index in [1.54, 1.807) is 0 Å². The molecule has 1 aliphatic rings. The van der Waals surface area contributed by atoms with Crippen molar-refractivity contribution in [3.05, 3.63) is 59.2 Å². The largest absolute Gasteiger partial charge is 0.352 e. The lowest BCUT2D eigenvalue weighted by Gasteiger charge is -2.32. The van der Waals surface area contributed by atoms with E-state index in [2.05, 4.69) is 17.5 Å². The molecule has 0 spiro atoms. The Kier molecular flexibility index (Phi) is 3.72. The van der Waals surface area contributed by atoms with E-state index in [1.165, 1.54) is 0 Å². The predicted molar refractivity (Wildman–Crippen MR) is 73.6 cm³/mol. The molecule has 18 heavy (non-hydrogen) atoms. The van der Waals surface area contributed by atoms with E-state index < -0.39 is 6.03 Å². The van der Waals surface area contributed by atoms with Crippen LogP contribution in [0.1, 0.15) is 12.0 Å². The molecular weight excluding hydrogens is 248 g/mol. The van der Waals surface area contributed by atoms with Crippen LogP contribution in [-0.4, -0.2) is 12.6 Å². The molecule has 0 bridgehead atoms. The van der Waals surface area contributed by atoms with Gasteiger partial charge in [-0.2, -0.15) is 0 Å². The standard InChI is InChI=1S/C14H15ClN2O/c15-12-6-4-5-11(9-12)14(10-17-13(16)18)7-2-1-3-8-14/h1-7,9H,8,10H2,(H3,16,17,18). The lowest BCUT2D eigenvalue weighted by molar-refractivity contribution is 0.247. The van der Waals surface area contributed by atoms with Crippen LogP contribution in [-0.2, 0) is 5.41 Å². The molecule has 2 rings (SSSR count). The molecule has 0 radical (unpaired) electrons. The third kappa shape index (κ3) is 2.74. The summed E-state index contributed by atoms with van der Waals surface area (Å²) in [5.41, 5.74) is 5.96. The highest BCUT2D eigenvalue weighted by Gasteiger charge is 2.29. The van der Waals surface area contributed by atoms with Gasteiger partial charge in [0.25, 0.3) is 0 Å². The Morgan fingerprint density at radius 1 is 1.44 bits per heavy atom. The highest BCUT2D eigenvalue weighted by atomic mass is 35.5. The van der Waals surface area contributed by atoms with E-state index in [0.717, 1.165) is 12.0 Å². The van der Waals surface area contributed by atoms with Crippen molar-refractivity contribution in [2.75, 3.05) is 6.54 Å². The molecule has 0 fully saturated rings. The number of benzene rings is 1. The lowest BCUT2D eigenvalue weighted by Crippen LogP contribution is -2.42. The topological polar surface area (TPSA) is 55.1 Å². The van der Waals surface area contributed by atoms with Gasteiger partial charge in [0, 0.05) is 17.0 Å². The van der Waals surface area contributed by atoms with Crippen molar-refractivity contribution < 1.29 is 4.79 Å². The number of allylic oxidation sites excluding steroid dienone is 3. The Hall–Kier alpha value is -1.74. The van der Waals surface area contributed by atoms with Crippen LogP contribution in [0.15, 0.2) is 48.6 Å². The summed E-state index contributed by atoms with van der Waals surface area (Å²) in [7, 11) is 0. The van der Waals surface area contributed by atoms with Crippen molar-refractivity contribution in [1.82, 2.24) is 5.32 Å². The van der Waals surface area contributed by atoms with Crippen LogP contribution < -0.4 is 11.1 Å². The van der Waals surface area contributed by atoms with E-state index in [1.807, 2.05) is 36.4 Å². The first kappa shape index (κ1) is 12.7. The molecule has 1 atom stereocenters. The number of primary amides is 1. The fraction of sp³-hybridized carbons (Fsp3) is 0.214. The Bertz CT molecular complexity index is 510. The number of halogens is 1. The van der Waals surface area contributed by atoms with Crippen molar-refractivity contribution in [3.63, 3.8) is 0 Å². The molecule has 3 nitrogen and oxygen atoms in total. The van der Waals surface area contributed by atoms with Gasteiger partial charge >= 0.3 is 6.03 Å². The van der Waals surface area contributed by atoms with Gasteiger partial charge in [-0.1, -0.05) is 48.0 Å². The number of rotatable bonds is 3. The highest BCUT2D eigenvalue weighted by molar-refractivity contribution is 6.30. The number of nitrogens with one attached hydrogen (secondary N) is 1. The predicted octanol–water partition coefficient (Wildman–Crippen LogP) is 2.76. The third-order valence-electron chi connectivity index (χ3n) is 3.12. The first-order valence-electron chi connectivity index (χ1n) is 5.76. The maximum atomic E-state index is 10.9. The van der Waals surface area contributed by atoms with E-state index in [-0.39, 0.29) is 5.41 Å². The monoisotopic (exact) mass is 262 g/mol. The maximum absolute atomic E-state index is 10.9. The molecule has 1 aliphatic carbocycles. The molecule has 3 N–H and O–H groups in total. The molecule has 1 aromatic rings. The second-order valence-electron chi connectivity index (χ2n) is 4.38. The molecule has 1 unspecified atom stereocenters. The molecule has 0 aliphatic heterocycles. The van der Waals surface area contributed by atoms with Gasteiger partial charge in [-0.3, -0.25) is 0 Å². The summed E-state index contributed by atoms with van der Waals surface area (Å²) in [6, 6.07) is 7.17. The zero-order valence-corrected chi connectivity index (χ0v) is 10.7. The Labute approximate surface area is 111 Å². The van der Waals surface area contributed by atoms with Crippen LogP contribution in [0, 0.1) is 0 Å². The molecule has 94 valence electrons. The summed E-state index contributed by atoms with van der Waals surface area (Å²) in [4.78, 5) is 10.9. The van der Waals surface area contributed by atoms with E-state index in [0.29, 0.717) is 11.6 Å². The van der Waals surface area contributed by atoms with Crippen LogP contribution in [0.5, 0.6) is 0 Å². The zero-order chi connectivity index (χ0) is 13.0. The van der Waals surface area contributed by atoms with Crippen LogP contribution in [0.2, 0.25) is 5.02 Å². The van der Waals surface area contributed by atoms with Crippen molar-refractivity contribution in [2.24, 2.45) is 5.73 Å². The lowest BCUT2D eigenvalue weighted by atomic mass is 9.75. The van der Waals surface area contributed by atoms with Gasteiger partial charge in [0.2, 0.25) is 0 Å².